The number of benzene rings is 1. The van der Waals surface area contributed by atoms with Crippen LogP contribution in [0.25, 0.3) is 0 Å². The molecule has 3 N–H and O–H groups in total. The molecule has 6 nitrogen and oxygen atoms in total. The number of thioether (sulfide) groups is 1. The fourth-order valence-electron chi connectivity index (χ4n) is 1.55. The van der Waals surface area contributed by atoms with E-state index in [1.54, 1.807) is 16.7 Å². The molecule has 0 fully saturated rings. The molecular formula is C12H16N4O2S. The first-order valence-electron chi connectivity index (χ1n) is 5.97. The topological polar surface area (TPSA) is 85.9 Å². The van der Waals surface area contributed by atoms with Crippen molar-refractivity contribution in [1.82, 2.24) is 14.8 Å². The van der Waals surface area contributed by atoms with Crippen molar-refractivity contribution in [1.29, 1.82) is 0 Å². The highest BCUT2D eigenvalue weighted by molar-refractivity contribution is 7.99. The largest absolute Gasteiger partial charge is 0.493 e. The molecule has 0 aliphatic carbocycles. The molecule has 0 aliphatic rings. The number of aromatic nitrogens is 3. The van der Waals surface area contributed by atoms with Gasteiger partial charge in [-0.1, -0.05) is 11.8 Å². The molecule has 1 heterocycles. The fraction of sp³-hybridized carbons (Fsp3) is 0.333. The number of nitrogens with one attached hydrogen (secondary N) is 1. The molecule has 0 aliphatic heterocycles. The van der Waals surface area contributed by atoms with E-state index in [0.717, 1.165) is 5.75 Å². The van der Waals surface area contributed by atoms with Crippen molar-refractivity contribution in [2.75, 3.05) is 18.1 Å². The molecule has 1 aromatic heterocycles. The summed E-state index contributed by atoms with van der Waals surface area (Å²) >= 11 is 1.49. The van der Waals surface area contributed by atoms with Crippen molar-refractivity contribution in [3.8, 4) is 5.75 Å². The molecule has 2 rings (SSSR count). The van der Waals surface area contributed by atoms with E-state index in [1.807, 2.05) is 19.1 Å². The minimum Gasteiger partial charge on any atom is -0.493 e. The van der Waals surface area contributed by atoms with Crippen LogP contribution < -0.4 is 16.2 Å². The van der Waals surface area contributed by atoms with E-state index < -0.39 is 0 Å². The molecule has 0 unspecified atom stereocenters. The Labute approximate surface area is 115 Å². The van der Waals surface area contributed by atoms with Crippen molar-refractivity contribution in [3.05, 3.63) is 34.7 Å². The van der Waals surface area contributed by atoms with E-state index in [0.29, 0.717) is 29.7 Å². The van der Waals surface area contributed by atoms with Crippen LogP contribution in [-0.4, -0.2) is 27.1 Å². The summed E-state index contributed by atoms with van der Waals surface area (Å²) in [4.78, 5) is 11.3. The minimum atomic E-state index is -0.176. The number of hydrogen-bond donors (Lipinski definition) is 2. The highest BCUT2D eigenvalue weighted by atomic mass is 32.2. The van der Waals surface area contributed by atoms with Gasteiger partial charge in [0.05, 0.1) is 6.61 Å². The number of nitrogen functional groups attached to an aromatic ring is 1. The molecule has 0 amide bonds. The number of rotatable bonds is 6. The van der Waals surface area contributed by atoms with Gasteiger partial charge >= 0.3 is 5.69 Å². The maximum Gasteiger partial charge on any atom is 0.343 e. The van der Waals surface area contributed by atoms with Gasteiger partial charge in [0.1, 0.15) is 5.75 Å². The van der Waals surface area contributed by atoms with Gasteiger partial charge in [0.2, 0.25) is 0 Å². The van der Waals surface area contributed by atoms with Crippen molar-refractivity contribution in [3.63, 3.8) is 0 Å². The highest BCUT2D eigenvalue weighted by Gasteiger charge is 2.06. The monoisotopic (exact) mass is 280 g/mol. The second-order valence-electron chi connectivity index (χ2n) is 3.82. The Kier molecular flexibility index (Phi) is 4.51. The van der Waals surface area contributed by atoms with Crippen LogP contribution in [0.3, 0.4) is 0 Å². The maximum absolute atomic E-state index is 11.3. The predicted octanol–water partition coefficient (Wildman–Crippen LogP) is 1.34. The van der Waals surface area contributed by atoms with Crippen LogP contribution in [0.1, 0.15) is 6.92 Å². The normalized spacial score (nSPS) is 10.6. The molecule has 19 heavy (non-hydrogen) atoms. The van der Waals surface area contributed by atoms with Crippen LogP contribution in [0.2, 0.25) is 0 Å². The summed E-state index contributed by atoms with van der Waals surface area (Å²) in [6, 6.07) is 7.25. The first-order valence-corrected chi connectivity index (χ1v) is 6.95. The number of anilines is 1. The van der Waals surface area contributed by atoms with Gasteiger partial charge in [0.25, 0.3) is 0 Å². The highest BCUT2D eigenvalue weighted by Crippen LogP contribution is 2.15. The lowest BCUT2D eigenvalue weighted by Crippen LogP contribution is -2.16. The van der Waals surface area contributed by atoms with Crippen molar-refractivity contribution in [2.24, 2.45) is 0 Å². The number of H-pyrrole nitrogens is 1. The summed E-state index contributed by atoms with van der Waals surface area (Å²) in [5, 5.41) is 7.08. The van der Waals surface area contributed by atoms with Crippen molar-refractivity contribution in [2.45, 2.75) is 18.6 Å². The summed E-state index contributed by atoms with van der Waals surface area (Å²) in [5.41, 5.74) is 6.12. The molecule has 0 saturated heterocycles. The average molecular weight is 280 g/mol. The lowest BCUT2D eigenvalue weighted by molar-refractivity contribution is 0.344. The molecule has 1 aromatic carbocycles. The molecule has 0 saturated carbocycles. The van der Waals surface area contributed by atoms with Crippen molar-refractivity contribution < 1.29 is 4.74 Å². The Morgan fingerprint density at radius 2 is 2.16 bits per heavy atom. The van der Waals surface area contributed by atoms with E-state index >= 15 is 0 Å². The molecule has 102 valence electrons. The van der Waals surface area contributed by atoms with Gasteiger partial charge in [0, 0.05) is 18.0 Å². The second kappa shape index (κ2) is 6.33. The number of hydrogen-bond acceptors (Lipinski definition) is 5. The maximum atomic E-state index is 11.3. The number of nitrogens with two attached hydrogens (primary N) is 1. The third-order valence-electron chi connectivity index (χ3n) is 2.50. The summed E-state index contributed by atoms with van der Waals surface area (Å²) in [6.45, 7) is 3.06. The quantitative estimate of drug-likeness (QED) is 0.474. The van der Waals surface area contributed by atoms with Gasteiger partial charge in [-0.3, -0.25) is 4.57 Å². The zero-order valence-electron chi connectivity index (χ0n) is 10.6. The molecule has 0 radical (unpaired) electrons. The summed E-state index contributed by atoms with van der Waals surface area (Å²) < 4.78 is 7.15. The number of aromatic amines is 1. The van der Waals surface area contributed by atoms with Crippen LogP contribution in [0.15, 0.2) is 34.2 Å². The third kappa shape index (κ3) is 3.54. The number of ether oxygens (including phenoxy) is 1. The molecule has 7 heteroatoms. The first kappa shape index (κ1) is 13.5. The Morgan fingerprint density at radius 1 is 1.42 bits per heavy atom. The third-order valence-corrected chi connectivity index (χ3v) is 3.44. The smallest absolute Gasteiger partial charge is 0.343 e. The summed E-state index contributed by atoms with van der Waals surface area (Å²) in [5.74, 6) is 1.50. The Hall–Kier alpha value is -1.89. The molecule has 0 bridgehead atoms. The zero-order valence-corrected chi connectivity index (χ0v) is 11.4. The Morgan fingerprint density at radius 3 is 2.84 bits per heavy atom. The first-order chi connectivity index (χ1) is 9.20. The van der Waals surface area contributed by atoms with Gasteiger partial charge in [-0.15, -0.1) is 5.10 Å². The average Bonchev–Trinajstić information content (AvgIpc) is 2.77. The molecular weight excluding hydrogens is 264 g/mol. The van der Waals surface area contributed by atoms with Gasteiger partial charge in [-0.05, 0) is 31.2 Å². The van der Waals surface area contributed by atoms with Gasteiger partial charge < -0.3 is 10.5 Å². The van der Waals surface area contributed by atoms with Crippen LogP contribution in [-0.2, 0) is 6.54 Å². The fourth-order valence-corrected chi connectivity index (χ4v) is 2.38. The SMILES string of the molecule is CCn1c(SCCOc2ccc(N)cc2)n[nH]c1=O. The van der Waals surface area contributed by atoms with E-state index in [9.17, 15) is 4.79 Å². The van der Waals surface area contributed by atoms with E-state index in [4.69, 9.17) is 10.5 Å². The van der Waals surface area contributed by atoms with E-state index in [1.165, 1.54) is 11.8 Å². The van der Waals surface area contributed by atoms with Gasteiger partial charge in [-0.25, -0.2) is 9.89 Å². The molecule has 0 atom stereocenters. The van der Waals surface area contributed by atoms with E-state index in [-0.39, 0.29) is 5.69 Å². The van der Waals surface area contributed by atoms with Crippen LogP contribution in [0.4, 0.5) is 5.69 Å². The Bertz CT molecular complexity index is 576. The van der Waals surface area contributed by atoms with Gasteiger partial charge in [-0.2, -0.15) is 0 Å². The van der Waals surface area contributed by atoms with Crippen molar-refractivity contribution >= 4 is 17.4 Å². The standard InChI is InChI=1S/C12H16N4O2S/c1-2-16-11(17)14-15-12(16)19-8-7-18-10-5-3-9(13)4-6-10/h3-6H,2,7-8,13H2,1H3,(H,14,17). The second-order valence-corrected chi connectivity index (χ2v) is 4.88. The molecule has 0 spiro atoms. The lowest BCUT2D eigenvalue weighted by Gasteiger charge is -2.06. The minimum absolute atomic E-state index is 0.176. The Balaban J connectivity index is 1.80. The summed E-state index contributed by atoms with van der Waals surface area (Å²) in [7, 11) is 0. The zero-order chi connectivity index (χ0) is 13.7. The van der Waals surface area contributed by atoms with Crippen LogP contribution in [0.5, 0.6) is 5.75 Å². The van der Waals surface area contributed by atoms with Gasteiger partial charge in [0.15, 0.2) is 5.16 Å². The number of nitrogens with zero attached hydrogens (tertiary/aromatic N) is 2. The van der Waals surface area contributed by atoms with E-state index in [2.05, 4.69) is 10.2 Å². The van der Waals surface area contributed by atoms with Crippen LogP contribution >= 0.6 is 11.8 Å². The van der Waals surface area contributed by atoms with Crippen LogP contribution in [0, 0.1) is 0 Å². The summed E-state index contributed by atoms with van der Waals surface area (Å²) in [6.07, 6.45) is 0. The molecule has 2 aromatic rings. The lowest BCUT2D eigenvalue weighted by atomic mass is 10.3. The predicted molar refractivity (Wildman–Crippen MR) is 75.6 cm³/mol.